The van der Waals surface area contributed by atoms with E-state index in [0.717, 1.165) is 22.3 Å². The maximum absolute atomic E-state index is 13.7. The number of hydrogen-bond donors (Lipinski definition) is 0. The van der Waals surface area contributed by atoms with Gasteiger partial charge in [-0.25, -0.2) is 4.90 Å². The minimum Gasteiger partial charge on any atom is -0.491 e. The number of likely N-dealkylation sites (N-methyl/N-ethyl adjacent to an activating group) is 1. The molecule has 4 rings (SSSR count). The number of ether oxygens (including phenoxy) is 1. The lowest BCUT2D eigenvalue weighted by Crippen LogP contribution is -2.34. The highest BCUT2D eigenvalue weighted by Gasteiger charge is 2.41. The first kappa shape index (κ1) is 23.3. The second-order valence-corrected chi connectivity index (χ2v) is 8.97. The molecule has 0 atom stereocenters. The second-order valence-electron chi connectivity index (χ2n) is 8.97. The van der Waals surface area contributed by atoms with Crippen molar-refractivity contribution in [2.24, 2.45) is 0 Å². The van der Waals surface area contributed by atoms with Crippen LogP contribution in [0.1, 0.15) is 36.1 Å². The van der Waals surface area contributed by atoms with Gasteiger partial charge in [0.05, 0.1) is 17.4 Å². The number of imide groups is 1. The Morgan fingerprint density at radius 2 is 1.53 bits per heavy atom. The zero-order valence-electron chi connectivity index (χ0n) is 20.3. The van der Waals surface area contributed by atoms with Crippen LogP contribution < -0.4 is 9.64 Å². The van der Waals surface area contributed by atoms with Gasteiger partial charge in [-0.2, -0.15) is 0 Å². The summed E-state index contributed by atoms with van der Waals surface area (Å²) in [7, 11) is 1.86. The van der Waals surface area contributed by atoms with Crippen molar-refractivity contribution in [3.05, 3.63) is 101 Å². The Bertz CT molecular complexity index is 1240. The van der Waals surface area contributed by atoms with E-state index in [2.05, 4.69) is 0 Å². The molecule has 0 fully saturated rings. The summed E-state index contributed by atoms with van der Waals surface area (Å²) >= 11 is 0. The Hall–Kier alpha value is -3.86. The SMILES string of the molecule is Cc1ccc(C2=C(N(C)Cc3ccccc3)C(=O)N(c3ccc(OC(C)C)cc3)C2=O)cc1C. The molecule has 0 N–H and O–H groups in total. The quantitative estimate of drug-likeness (QED) is 0.442. The van der Waals surface area contributed by atoms with Crippen molar-refractivity contribution >= 4 is 23.1 Å². The molecule has 5 heteroatoms. The summed E-state index contributed by atoms with van der Waals surface area (Å²) in [6.45, 7) is 8.47. The van der Waals surface area contributed by atoms with Crippen molar-refractivity contribution in [3.63, 3.8) is 0 Å². The second kappa shape index (κ2) is 9.56. The summed E-state index contributed by atoms with van der Waals surface area (Å²) in [5.41, 5.74) is 5.37. The summed E-state index contributed by atoms with van der Waals surface area (Å²) in [5.74, 6) is 0.0523. The Morgan fingerprint density at radius 1 is 0.853 bits per heavy atom. The molecule has 0 aliphatic carbocycles. The summed E-state index contributed by atoms with van der Waals surface area (Å²) in [5, 5.41) is 0. The number of carbonyl (C=O) groups excluding carboxylic acids is 2. The zero-order valence-corrected chi connectivity index (χ0v) is 20.3. The number of rotatable bonds is 7. The summed E-state index contributed by atoms with van der Waals surface area (Å²) in [4.78, 5) is 30.6. The molecule has 0 saturated carbocycles. The maximum atomic E-state index is 13.7. The van der Waals surface area contributed by atoms with Crippen molar-refractivity contribution in [1.29, 1.82) is 0 Å². The average Bonchev–Trinajstić information content (AvgIpc) is 3.06. The number of hydrogen-bond acceptors (Lipinski definition) is 4. The normalized spacial score (nSPS) is 13.8. The summed E-state index contributed by atoms with van der Waals surface area (Å²) < 4.78 is 5.72. The van der Waals surface area contributed by atoms with Crippen LogP contribution in [-0.4, -0.2) is 29.9 Å². The van der Waals surface area contributed by atoms with Crippen LogP contribution in [0.5, 0.6) is 5.75 Å². The number of amides is 2. The number of anilines is 1. The highest BCUT2D eigenvalue weighted by atomic mass is 16.5. The van der Waals surface area contributed by atoms with Crippen molar-refractivity contribution in [2.75, 3.05) is 11.9 Å². The standard InChI is InChI=1S/C29H30N2O3/c1-19(2)34-25-15-13-24(14-16-25)31-28(32)26(23-12-11-20(3)21(4)17-23)27(29(31)33)30(5)18-22-9-7-6-8-10-22/h6-17,19H,18H2,1-5H3. The lowest BCUT2D eigenvalue weighted by atomic mass is 9.99. The maximum Gasteiger partial charge on any atom is 0.282 e. The van der Waals surface area contributed by atoms with Gasteiger partial charge < -0.3 is 9.64 Å². The summed E-state index contributed by atoms with van der Waals surface area (Å²) in [6.07, 6.45) is 0.0391. The minimum absolute atomic E-state index is 0.0391. The van der Waals surface area contributed by atoms with E-state index in [1.807, 2.05) is 88.2 Å². The predicted molar refractivity (Wildman–Crippen MR) is 135 cm³/mol. The van der Waals surface area contributed by atoms with Crippen molar-refractivity contribution in [2.45, 2.75) is 40.3 Å². The predicted octanol–water partition coefficient (Wildman–Crippen LogP) is 5.51. The average molecular weight is 455 g/mol. The van der Waals surface area contributed by atoms with Gasteiger partial charge >= 0.3 is 0 Å². The monoisotopic (exact) mass is 454 g/mol. The number of nitrogens with zero attached hydrogens (tertiary/aromatic N) is 2. The van der Waals surface area contributed by atoms with Crippen LogP contribution in [0.3, 0.4) is 0 Å². The molecule has 5 nitrogen and oxygen atoms in total. The van der Waals surface area contributed by atoms with Crippen LogP contribution in [0.25, 0.3) is 5.57 Å². The highest BCUT2D eigenvalue weighted by Crippen LogP contribution is 2.36. The molecule has 174 valence electrons. The van der Waals surface area contributed by atoms with Gasteiger partial charge in [-0.05, 0) is 74.2 Å². The van der Waals surface area contributed by atoms with Crippen LogP contribution in [0.15, 0.2) is 78.5 Å². The largest absolute Gasteiger partial charge is 0.491 e. The fraction of sp³-hybridized carbons (Fsp3) is 0.241. The van der Waals surface area contributed by atoms with Gasteiger partial charge in [0.25, 0.3) is 11.8 Å². The van der Waals surface area contributed by atoms with E-state index in [9.17, 15) is 9.59 Å². The molecule has 1 aliphatic heterocycles. The smallest absolute Gasteiger partial charge is 0.282 e. The molecule has 1 heterocycles. The van der Waals surface area contributed by atoms with Crippen molar-refractivity contribution in [1.82, 2.24) is 4.90 Å². The first-order chi connectivity index (χ1) is 16.3. The molecule has 3 aromatic rings. The number of carbonyl (C=O) groups is 2. The topological polar surface area (TPSA) is 49.9 Å². The number of benzene rings is 3. The van der Waals surface area contributed by atoms with Crippen molar-refractivity contribution < 1.29 is 14.3 Å². The fourth-order valence-corrected chi connectivity index (χ4v) is 4.15. The Balaban J connectivity index is 1.76. The molecule has 0 radical (unpaired) electrons. The molecule has 3 aromatic carbocycles. The molecule has 0 saturated heterocycles. The van der Waals surface area contributed by atoms with Gasteiger partial charge in [-0.3, -0.25) is 9.59 Å². The molecule has 0 bridgehead atoms. The fourth-order valence-electron chi connectivity index (χ4n) is 4.15. The third-order valence-corrected chi connectivity index (χ3v) is 5.97. The molecular formula is C29H30N2O3. The van der Waals surface area contributed by atoms with Crippen LogP contribution >= 0.6 is 0 Å². The lowest BCUT2D eigenvalue weighted by molar-refractivity contribution is -0.120. The first-order valence-corrected chi connectivity index (χ1v) is 11.5. The van der Waals surface area contributed by atoms with E-state index in [-0.39, 0.29) is 17.9 Å². The van der Waals surface area contributed by atoms with Gasteiger partial charge in [0.15, 0.2) is 0 Å². The Labute approximate surface area is 201 Å². The third-order valence-electron chi connectivity index (χ3n) is 5.97. The first-order valence-electron chi connectivity index (χ1n) is 11.5. The van der Waals surface area contributed by atoms with Crippen LogP contribution in [0.4, 0.5) is 5.69 Å². The lowest BCUT2D eigenvalue weighted by Gasteiger charge is -2.22. The van der Waals surface area contributed by atoms with E-state index >= 15 is 0 Å². The molecule has 1 aliphatic rings. The van der Waals surface area contributed by atoms with Gasteiger partial charge in [-0.15, -0.1) is 0 Å². The van der Waals surface area contributed by atoms with Crippen LogP contribution in [0.2, 0.25) is 0 Å². The van der Waals surface area contributed by atoms with E-state index in [1.54, 1.807) is 24.3 Å². The minimum atomic E-state index is -0.325. The van der Waals surface area contributed by atoms with Crippen LogP contribution in [0, 0.1) is 13.8 Å². The molecule has 34 heavy (non-hydrogen) atoms. The van der Waals surface area contributed by atoms with E-state index in [4.69, 9.17) is 4.74 Å². The van der Waals surface area contributed by atoms with E-state index in [0.29, 0.717) is 29.3 Å². The highest BCUT2D eigenvalue weighted by molar-refractivity contribution is 6.45. The van der Waals surface area contributed by atoms with E-state index < -0.39 is 0 Å². The molecule has 2 amide bonds. The Kier molecular flexibility index (Phi) is 6.55. The van der Waals surface area contributed by atoms with Gasteiger partial charge in [0.2, 0.25) is 0 Å². The molecule has 0 unspecified atom stereocenters. The number of aryl methyl sites for hydroxylation is 2. The van der Waals surface area contributed by atoms with Gasteiger partial charge in [-0.1, -0.05) is 48.5 Å². The molecule has 0 spiro atoms. The van der Waals surface area contributed by atoms with Gasteiger partial charge in [0.1, 0.15) is 11.4 Å². The van der Waals surface area contributed by atoms with Gasteiger partial charge in [0, 0.05) is 13.6 Å². The zero-order chi connectivity index (χ0) is 24.4. The summed E-state index contributed by atoms with van der Waals surface area (Å²) in [6, 6.07) is 22.9. The van der Waals surface area contributed by atoms with Crippen molar-refractivity contribution in [3.8, 4) is 5.75 Å². The molecule has 0 aromatic heterocycles. The third kappa shape index (κ3) is 4.60. The van der Waals surface area contributed by atoms with E-state index in [1.165, 1.54) is 4.90 Å². The van der Waals surface area contributed by atoms with Crippen LogP contribution in [-0.2, 0) is 16.1 Å². The Morgan fingerprint density at radius 3 is 2.15 bits per heavy atom. The molecular weight excluding hydrogens is 424 g/mol.